The molecule has 13 heavy (non-hydrogen) atoms. The maximum absolute atomic E-state index is 13.0. The molecule has 0 amide bonds. The van der Waals surface area contributed by atoms with E-state index in [0.717, 1.165) is 6.07 Å². The second-order valence-corrected chi connectivity index (χ2v) is 3.11. The first-order chi connectivity index (χ1) is 6.06. The number of methoxy groups -OCH3 is 1. The predicted molar refractivity (Wildman–Crippen MR) is 47.3 cm³/mol. The van der Waals surface area contributed by atoms with Crippen LogP contribution in [-0.4, -0.2) is 12.0 Å². The van der Waals surface area contributed by atoms with Gasteiger partial charge in [0.2, 0.25) is 5.75 Å². The van der Waals surface area contributed by atoms with Crippen molar-refractivity contribution in [3.63, 3.8) is 0 Å². The van der Waals surface area contributed by atoms with Crippen LogP contribution in [0.1, 0.15) is 0 Å². The second kappa shape index (κ2) is 3.69. The monoisotopic (exact) mass is 249 g/mol. The third-order valence-electron chi connectivity index (χ3n) is 1.39. The first kappa shape index (κ1) is 9.91. The van der Waals surface area contributed by atoms with Crippen LogP contribution in [0.15, 0.2) is 16.6 Å². The smallest absolute Gasteiger partial charge is 0.315 e. The van der Waals surface area contributed by atoms with Crippen molar-refractivity contribution in [2.45, 2.75) is 0 Å². The van der Waals surface area contributed by atoms with Crippen LogP contribution in [0.2, 0.25) is 0 Å². The van der Waals surface area contributed by atoms with Gasteiger partial charge in [-0.1, -0.05) is 15.9 Å². The second-order valence-electron chi connectivity index (χ2n) is 2.20. The number of rotatable bonds is 2. The highest BCUT2D eigenvalue weighted by Gasteiger charge is 2.19. The van der Waals surface area contributed by atoms with Gasteiger partial charge < -0.3 is 4.74 Å². The molecule has 0 aliphatic carbocycles. The largest absolute Gasteiger partial charge is 0.488 e. The molecule has 0 aromatic heterocycles. The minimum atomic E-state index is -0.761. The summed E-state index contributed by atoms with van der Waals surface area (Å²) in [5, 5.41) is 10.4. The molecular weight excluding hydrogens is 245 g/mol. The van der Waals surface area contributed by atoms with Gasteiger partial charge in [0.1, 0.15) is 0 Å². The summed E-state index contributed by atoms with van der Waals surface area (Å²) in [5.41, 5.74) is -0.394. The Morgan fingerprint density at radius 1 is 1.62 bits per heavy atom. The minimum Gasteiger partial charge on any atom is -0.488 e. The summed E-state index contributed by atoms with van der Waals surface area (Å²) in [6.07, 6.45) is 0. The van der Waals surface area contributed by atoms with E-state index in [0.29, 0.717) is 4.47 Å². The number of ether oxygens (including phenoxy) is 1. The summed E-state index contributed by atoms with van der Waals surface area (Å²) < 4.78 is 17.9. The Kier molecular flexibility index (Phi) is 2.82. The summed E-state index contributed by atoms with van der Waals surface area (Å²) in [4.78, 5) is 9.72. The van der Waals surface area contributed by atoms with Crippen LogP contribution in [0.5, 0.6) is 5.75 Å². The molecule has 6 heteroatoms. The van der Waals surface area contributed by atoms with Crippen LogP contribution < -0.4 is 4.74 Å². The van der Waals surface area contributed by atoms with Crippen LogP contribution in [-0.2, 0) is 0 Å². The highest BCUT2D eigenvalue weighted by atomic mass is 79.9. The van der Waals surface area contributed by atoms with Crippen molar-refractivity contribution >= 4 is 21.6 Å². The molecule has 70 valence electrons. The molecule has 0 saturated carbocycles. The summed E-state index contributed by atoms with van der Waals surface area (Å²) in [5.74, 6) is -1.11. The van der Waals surface area contributed by atoms with Crippen molar-refractivity contribution in [3.05, 3.63) is 32.5 Å². The molecule has 1 aromatic rings. The zero-order valence-corrected chi connectivity index (χ0v) is 8.17. The lowest BCUT2D eigenvalue weighted by molar-refractivity contribution is -0.386. The molecule has 0 heterocycles. The van der Waals surface area contributed by atoms with Gasteiger partial charge in [-0.05, 0) is 6.07 Å². The van der Waals surface area contributed by atoms with Gasteiger partial charge >= 0.3 is 5.69 Å². The normalized spacial score (nSPS) is 9.77. The van der Waals surface area contributed by atoms with Gasteiger partial charge in [-0.15, -0.1) is 0 Å². The molecule has 0 aliphatic heterocycles. The van der Waals surface area contributed by atoms with Crippen molar-refractivity contribution in [3.8, 4) is 5.75 Å². The van der Waals surface area contributed by atoms with E-state index in [4.69, 9.17) is 0 Å². The predicted octanol–water partition coefficient (Wildman–Crippen LogP) is 2.51. The zero-order valence-electron chi connectivity index (χ0n) is 6.58. The SMILES string of the molecule is COc1c(F)cc(Br)cc1[N+](=O)[O-]. The van der Waals surface area contributed by atoms with Crippen LogP contribution in [0.4, 0.5) is 10.1 Å². The Hall–Kier alpha value is -1.17. The number of nitro benzene ring substituents is 1. The van der Waals surface area contributed by atoms with Gasteiger partial charge in [-0.3, -0.25) is 10.1 Å². The molecule has 0 bridgehead atoms. The van der Waals surface area contributed by atoms with Crippen LogP contribution in [0, 0.1) is 15.9 Å². The standard InChI is InChI=1S/C7H5BrFNO3/c1-13-7-5(9)2-4(8)3-6(7)10(11)12/h2-3H,1H3. The number of halogens is 2. The van der Waals surface area contributed by atoms with Crippen LogP contribution >= 0.6 is 15.9 Å². The number of benzene rings is 1. The molecule has 4 nitrogen and oxygen atoms in total. The summed E-state index contributed by atoms with van der Waals surface area (Å²) in [7, 11) is 1.18. The fourth-order valence-corrected chi connectivity index (χ4v) is 1.30. The summed E-state index contributed by atoms with van der Waals surface area (Å²) in [6, 6.07) is 2.29. The van der Waals surface area contributed by atoms with Crippen molar-refractivity contribution in [1.82, 2.24) is 0 Å². The molecule has 1 rings (SSSR count). The number of hydrogen-bond acceptors (Lipinski definition) is 3. The van der Waals surface area contributed by atoms with Gasteiger partial charge in [0.05, 0.1) is 12.0 Å². The molecule has 0 aliphatic rings. The topological polar surface area (TPSA) is 52.4 Å². The Balaban J connectivity index is 3.38. The van der Waals surface area contributed by atoms with Gasteiger partial charge in [0.15, 0.2) is 5.82 Å². The Labute approximate surface area is 81.6 Å². The summed E-state index contributed by atoms with van der Waals surface area (Å²) >= 11 is 2.94. The van der Waals surface area contributed by atoms with E-state index in [1.807, 2.05) is 0 Å². The lowest BCUT2D eigenvalue weighted by Crippen LogP contribution is -1.96. The number of hydrogen-bond donors (Lipinski definition) is 0. The van der Waals surface area contributed by atoms with E-state index in [1.165, 1.54) is 13.2 Å². The summed E-state index contributed by atoms with van der Waals surface area (Å²) in [6.45, 7) is 0. The molecule has 0 unspecified atom stereocenters. The van der Waals surface area contributed by atoms with E-state index in [2.05, 4.69) is 20.7 Å². The van der Waals surface area contributed by atoms with Gasteiger partial charge in [-0.2, -0.15) is 0 Å². The minimum absolute atomic E-state index is 0.303. The van der Waals surface area contributed by atoms with Crippen molar-refractivity contribution in [2.75, 3.05) is 7.11 Å². The molecule has 0 saturated heterocycles. The van der Waals surface area contributed by atoms with E-state index in [-0.39, 0.29) is 5.75 Å². The molecule has 1 aromatic carbocycles. The Morgan fingerprint density at radius 3 is 2.69 bits per heavy atom. The van der Waals surface area contributed by atoms with Crippen molar-refractivity contribution in [1.29, 1.82) is 0 Å². The first-order valence-electron chi connectivity index (χ1n) is 3.23. The van der Waals surface area contributed by atoms with Crippen LogP contribution in [0.25, 0.3) is 0 Å². The number of nitrogens with zero attached hydrogens (tertiary/aromatic N) is 1. The maximum Gasteiger partial charge on any atom is 0.315 e. The number of nitro groups is 1. The lowest BCUT2D eigenvalue weighted by Gasteiger charge is -2.02. The quantitative estimate of drug-likeness (QED) is 0.598. The fraction of sp³-hybridized carbons (Fsp3) is 0.143. The van der Waals surface area contributed by atoms with Crippen molar-refractivity contribution in [2.24, 2.45) is 0 Å². The third-order valence-corrected chi connectivity index (χ3v) is 1.85. The van der Waals surface area contributed by atoms with Crippen molar-refractivity contribution < 1.29 is 14.1 Å². The molecule has 0 radical (unpaired) electrons. The zero-order chi connectivity index (χ0) is 10.0. The Bertz CT molecular complexity index is 356. The maximum atomic E-state index is 13.0. The van der Waals surface area contributed by atoms with Gasteiger partial charge in [-0.25, -0.2) is 4.39 Å². The highest BCUT2D eigenvalue weighted by molar-refractivity contribution is 9.10. The molecule has 0 spiro atoms. The average Bonchev–Trinajstić information content (AvgIpc) is 2.02. The molecule has 0 atom stereocenters. The Morgan fingerprint density at radius 2 is 2.23 bits per heavy atom. The van der Waals surface area contributed by atoms with E-state index in [9.17, 15) is 14.5 Å². The van der Waals surface area contributed by atoms with E-state index >= 15 is 0 Å². The van der Waals surface area contributed by atoms with Gasteiger partial charge in [0.25, 0.3) is 0 Å². The fourth-order valence-electron chi connectivity index (χ4n) is 0.884. The molecular formula is C7H5BrFNO3. The molecule has 0 N–H and O–H groups in total. The van der Waals surface area contributed by atoms with E-state index in [1.54, 1.807) is 0 Å². The highest BCUT2D eigenvalue weighted by Crippen LogP contribution is 2.32. The van der Waals surface area contributed by atoms with Gasteiger partial charge in [0, 0.05) is 10.5 Å². The lowest BCUT2D eigenvalue weighted by atomic mass is 10.3. The first-order valence-corrected chi connectivity index (χ1v) is 4.03. The van der Waals surface area contributed by atoms with Crippen LogP contribution in [0.3, 0.4) is 0 Å². The molecule has 0 fully saturated rings. The van der Waals surface area contributed by atoms with E-state index < -0.39 is 16.4 Å². The third kappa shape index (κ3) is 1.95. The average molecular weight is 250 g/mol.